The molecule has 0 aromatic rings. The highest BCUT2D eigenvalue weighted by Gasteiger charge is 2.21. The van der Waals surface area contributed by atoms with Gasteiger partial charge in [-0.3, -0.25) is 4.55 Å². The molecule has 2 unspecified atom stereocenters. The summed E-state index contributed by atoms with van der Waals surface area (Å²) in [5.74, 6) is 0. The van der Waals surface area contributed by atoms with Crippen molar-refractivity contribution in [1.29, 1.82) is 0 Å². The SMILES string of the molecule is CCCCCC(CCCCCCCCCCCCCC(O)CC)S(=O)(=O)O. The molecule has 0 aromatic heterocycles. The van der Waals surface area contributed by atoms with E-state index < -0.39 is 15.4 Å². The van der Waals surface area contributed by atoms with E-state index in [9.17, 15) is 18.1 Å². The van der Waals surface area contributed by atoms with Crippen molar-refractivity contribution in [2.75, 3.05) is 0 Å². The van der Waals surface area contributed by atoms with Crippen LogP contribution in [0.1, 0.15) is 129 Å². The highest BCUT2D eigenvalue weighted by Crippen LogP contribution is 2.19. The Kier molecular flexibility index (Phi) is 17.8. The van der Waals surface area contributed by atoms with Gasteiger partial charge in [0.2, 0.25) is 0 Å². The Morgan fingerprint density at radius 1 is 0.630 bits per heavy atom. The Hall–Kier alpha value is -0.130. The maximum Gasteiger partial charge on any atom is 0.267 e. The van der Waals surface area contributed by atoms with Crippen LogP contribution >= 0.6 is 0 Å². The zero-order valence-corrected chi connectivity index (χ0v) is 18.8. The van der Waals surface area contributed by atoms with Crippen molar-refractivity contribution in [3.8, 4) is 0 Å². The van der Waals surface area contributed by atoms with Gasteiger partial charge < -0.3 is 5.11 Å². The molecular weight excluding hydrogens is 360 g/mol. The van der Waals surface area contributed by atoms with Crippen LogP contribution in [0.3, 0.4) is 0 Å². The summed E-state index contributed by atoms with van der Waals surface area (Å²) in [5, 5.41) is 8.94. The molecule has 0 spiro atoms. The maximum atomic E-state index is 11.4. The van der Waals surface area contributed by atoms with Crippen molar-refractivity contribution in [3.63, 3.8) is 0 Å². The number of aliphatic hydroxyl groups excluding tert-OH is 1. The van der Waals surface area contributed by atoms with Crippen molar-refractivity contribution in [3.05, 3.63) is 0 Å². The fourth-order valence-electron chi connectivity index (χ4n) is 3.61. The average molecular weight is 407 g/mol. The first-order chi connectivity index (χ1) is 12.9. The van der Waals surface area contributed by atoms with E-state index in [1.54, 1.807) is 0 Å². The van der Waals surface area contributed by atoms with Gasteiger partial charge in [0.05, 0.1) is 11.4 Å². The molecule has 0 aromatic carbocycles. The van der Waals surface area contributed by atoms with E-state index in [0.29, 0.717) is 12.8 Å². The first-order valence-electron chi connectivity index (χ1n) is 11.6. The van der Waals surface area contributed by atoms with Crippen LogP contribution in [0.4, 0.5) is 0 Å². The number of rotatable bonds is 20. The summed E-state index contributed by atoms with van der Waals surface area (Å²) in [5.41, 5.74) is 0. The van der Waals surface area contributed by atoms with E-state index in [1.165, 1.54) is 51.4 Å². The molecule has 5 heteroatoms. The normalized spacial score (nSPS) is 14.4. The molecular formula is C22H46O4S. The van der Waals surface area contributed by atoms with Gasteiger partial charge in [0, 0.05) is 0 Å². The largest absolute Gasteiger partial charge is 0.393 e. The molecule has 0 saturated heterocycles. The maximum absolute atomic E-state index is 11.4. The third-order valence-electron chi connectivity index (χ3n) is 5.59. The minimum atomic E-state index is -3.88. The average Bonchev–Trinajstić information content (AvgIpc) is 2.62. The number of hydrogen-bond donors (Lipinski definition) is 2. The van der Waals surface area contributed by atoms with E-state index in [0.717, 1.165) is 51.4 Å². The molecule has 4 nitrogen and oxygen atoms in total. The molecule has 0 radical (unpaired) electrons. The van der Waals surface area contributed by atoms with Crippen LogP contribution in [-0.2, 0) is 10.1 Å². The summed E-state index contributed by atoms with van der Waals surface area (Å²) in [4.78, 5) is 0. The van der Waals surface area contributed by atoms with Gasteiger partial charge in [0.1, 0.15) is 0 Å². The summed E-state index contributed by atoms with van der Waals surface area (Å²) >= 11 is 0. The lowest BCUT2D eigenvalue weighted by atomic mass is 10.0. The second-order valence-electron chi connectivity index (χ2n) is 8.16. The Bertz CT molecular complexity index is 409. The highest BCUT2D eigenvalue weighted by molar-refractivity contribution is 7.86. The quantitative estimate of drug-likeness (QED) is 0.175. The van der Waals surface area contributed by atoms with Crippen molar-refractivity contribution in [1.82, 2.24) is 0 Å². The molecule has 27 heavy (non-hydrogen) atoms. The van der Waals surface area contributed by atoms with Crippen molar-refractivity contribution >= 4 is 10.1 Å². The van der Waals surface area contributed by atoms with E-state index in [1.807, 2.05) is 6.92 Å². The summed E-state index contributed by atoms with van der Waals surface area (Å²) < 4.78 is 32.3. The van der Waals surface area contributed by atoms with Crippen LogP contribution in [0.25, 0.3) is 0 Å². The van der Waals surface area contributed by atoms with E-state index in [2.05, 4.69) is 6.92 Å². The Morgan fingerprint density at radius 3 is 1.37 bits per heavy atom. The fourth-order valence-corrected chi connectivity index (χ4v) is 4.54. The van der Waals surface area contributed by atoms with E-state index in [-0.39, 0.29) is 6.10 Å². The van der Waals surface area contributed by atoms with Gasteiger partial charge in [-0.2, -0.15) is 8.42 Å². The van der Waals surface area contributed by atoms with Gasteiger partial charge in [-0.1, -0.05) is 104 Å². The molecule has 164 valence electrons. The van der Waals surface area contributed by atoms with Crippen LogP contribution in [0.2, 0.25) is 0 Å². The zero-order chi connectivity index (χ0) is 20.4. The highest BCUT2D eigenvalue weighted by atomic mass is 32.2. The second kappa shape index (κ2) is 17.9. The van der Waals surface area contributed by atoms with Gasteiger partial charge in [0.15, 0.2) is 0 Å². The van der Waals surface area contributed by atoms with Gasteiger partial charge in [-0.25, -0.2) is 0 Å². The monoisotopic (exact) mass is 406 g/mol. The standard InChI is InChI=1S/C22H46O4S/c1-3-5-15-19-22(27(24,25)26)20-17-14-12-10-8-6-7-9-11-13-16-18-21(23)4-2/h21-23H,3-20H2,1-2H3,(H,24,25,26). The molecule has 0 amide bonds. The van der Waals surface area contributed by atoms with Crippen LogP contribution in [0, 0.1) is 0 Å². The molecule has 2 N–H and O–H groups in total. The third kappa shape index (κ3) is 17.7. The van der Waals surface area contributed by atoms with Crippen LogP contribution < -0.4 is 0 Å². The molecule has 0 saturated carbocycles. The molecule has 2 atom stereocenters. The van der Waals surface area contributed by atoms with Crippen LogP contribution in [0.15, 0.2) is 0 Å². The smallest absolute Gasteiger partial charge is 0.267 e. The van der Waals surface area contributed by atoms with Gasteiger partial charge in [-0.15, -0.1) is 0 Å². The van der Waals surface area contributed by atoms with E-state index >= 15 is 0 Å². The first-order valence-corrected chi connectivity index (χ1v) is 13.1. The van der Waals surface area contributed by atoms with Crippen LogP contribution in [-0.4, -0.2) is 29.4 Å². The summed E-state index contributed by atoms with van der Waals surface area (Å²) in [6.45, 7) is 4.13. The number of unbranched alkanes of at least 4 members (excludes halogenated alkanes) is 12. The van der Waals surface area contributed by atoms with Crippen molar-refractivity contribution in [2.24, 2.45) is 0 Å². The lowest BCUT2D eigenvalue weighted by Gasteiger charge is -2.13. The predicted octanol–water partition coefficient (Wildman–Crippen LogP) is 6.67. The molecule has 0 aliphatic carbocycles. The summed E-state index contributed by atoms with van der Waals surface area (Å²) in [6, 6.07) is 0. The number of aliphatic hydroxyl groups is 1. The van der Waals surface area contributed by atoms with Gasteiger partial charge in [0.25, 0.3) is 10.1 Å². The summed E-state index contributed by atoms with van der Waals surface area (Å²) in [7, 11) is -3.88. The van der Waals surface area contributed by atoms with Gasteiger partial charge in [-0.05, 0) is 25.7 Å². The van der Waals surface area contributed by atoms with Gasteiger partial charge >= 0.3 is 0 Å². The molecule has 0 fully saturated rings. The molecule has 0 bridgehead atoms. The van der Waals surface area contributed by atoms with Crippen LogP contribution in [0.5, 0.6) is 0 Å². The van der Waals surface area contributed by atoms with E-state index in [4.69, 9.17) is 0 Å². The zero-order valence-electron chi connectivity index (χ0n) is 18.0. The first kappa shape index (κ1) is 26.9. The lowest BCUT2D eigenvalue weighted by molar-refractivity contribution is 0.156. The minimum absolute atomic E-state index is 0.103. The second-order valence-corrected chi connectivity index (χ2v) is 9.86. The fraction of sp³-hybridized carbons (Fsp3) is 1.00. The summed E-state index contributed by atoms with van der Waals surface area (Å²) in [6.07, 6.45) is 19.1. The Balaban J connectivity index is 3.47. The molecule has 0 aliphatic heterocycles. The molecule has 0 rings (SSSR count). The topological polar surface area (TPSA) is 74.6 Å². The Labute approximate surface area is 169 Å². The number of hydrogen-bond acceptors (Lipinski definition) is 3. The molecule has 0 heterocycles. The lowest BCUT2D eigenvalue weighted by Crippen LogP contribution is -2.20. The molecule has 0 aliphatic rings. The third-order valence-corrected chi connectivity index (χ3v) is 6.90. The predicted molar refractivity (Wildman–Crippen MR) is 116 cm³/mol. The minimum Gasteiger partial charge on any atom is -0.393 e. The van der Waals surface area contributed by atoms with Crippen molar-refractivity contribution < 1.29 is 18.1 Å². The Morgan fingerprint density at radius 2 is 1.00 bits per heavy atom. The van der Waals surface area contributed by atoms with Crippen molar-refractivity contribution in [2.45, 2.75) is 141 Å².